The molecule has 2 unspecified atom stereocenters. The lowest BCUT2D eigenvalue weighted by molar-refractivity contribution is -0.149. The van der Waals surface area contributed by atoms with Crippen molar-refractivity contribution in [3.05, 3.63) is 124 Å². The number of benzene rings is 4. The lowest BCUT2D eigenvalue weighted by atomic mass is 9.92. The Labute approximate surface area is 248 Å². The van der Waals surface area contributed by atoms with Gasteiger partial charge in [0.1, 0.15) is 18.5 Å². The summed E-state index contributed by atoms with van der Waals surface area (Å²) in [4.78, 5) is 11.4. The fraction of sp³-hybridized carbons (Fsp3) is 0.270. The number of aryl methyl sites for hydroxylation is 1. The van der Waals surface area contributed by atoms with Crippen molar-refractivity contribution >= 4 is 18.1 Å². The smallest absolute Gasteiger partial charge is 0.333 e. The van der Waals surface area contributed by atoms with Gasteiger partial charge in [0.15, 0.2) is 6.10 Å². The Morgan fingerprint density at radius 2 is 1.48 bits per heavy atom. The van der Waals surface area contributed by atoms with Gasteiger partial charge in [-0.3, -0.25) is 0 Å². The molecule has 0 spiro atoms. The van der Waals surface area contributed by atoms with E-state index >= 15 is 0 Å². The third-order valence-corrected chi connectivity index (χ3v) is 7.52. The Morgan fingerprint density at radius 1 is 0.786 bits per heavy atom. The van der Waals surface area contributed by atoms with E-state index in [0.29, 0.717) is 32.0 Å². The molecule has 0 bridgehead atoms. The number of hydrogen-bond donors (Lipinski definition) is 1. The quantitative estimate of drug-likeness (QED) is 0.167. The van der Waals surface area contributed by atoms with Gasteiger partial charge in [-0.05, 0) is 76.1 Å². The predicted molar refractivity (Wildman–Crippen MR) is 168 cm³/mol. The SMILES string of the molecule is CCCc1ccc2c(c1)C=Cc1cc(-c3ccccc3)ccc1C2OCCOc1ccc(CC(OCC)C(=O)O)cc1. The molecule has 0 aliphatic heterocycles. The van der Waals surface area contributed by atoms with E-state index in [2.05, 4.69) is 79.7 Å². The molecule has 0 heterocycles. The first-order valence-electron chi connectivity index (χ1n) is 14.7. The molecule has 4 aromatic rings. The minimum absolute atomic E-state index is 0.219. The highest BCUT2D eigenvalue weighted by atomic mass is 16.5. The molecule has 0 amide bonds. The molecule has 42 heavy (non-hydrogen) atoms. The largest absolute Gasteiger partial charge is 0.491 e. The lowest BCUT2D eigenvalue weighted by Crippen LogP contribution is -2.26. The van der Waals surface area contributed by atoms with Gasteiger partial charge < -0.3 is 19.3 Å². The zero-order chi connectivity index (χ0) is 29.3. The number of carboxylic acids is 1. The summed E-state index contributed by atoms with van der Waals surface area (Å²) in [6.45, 7) is 5.16. The second-order valence-corrected chi connectivity index (χ2v) is 10.5. The third kappa shape index (κ3) is 7.17. The number of fused-ring (bicyclic) bond motifs is 2. The molecule has 5 rings (SSSR count). The standard InChI is InChI=1S/C37H38O5/c1-3-8-26-13-19-33-30(23-26)14-15-31-25-29(28-9-6-5-7-10-28)16-20-34(31)36(33)42-22-21-41-32-17-11-27(12-18-32)24-35(37(38)39)40-4-2/h5-7,9-20,23,25,35-36H,3-4,8,21-22,24H2,1-2H3,(H,38,39). The first kappa shape index (κ1) is 29.3. The first-order valence-corrected chi connectivity index (χ1v) is 14.7. The first-order chi connectivity index (χ1) is 20.6. The molecule has 4 aromatic carbocycles. The summed E-state index contributed by atoms with van der Waals surface area (Å²) in [5.41, 5.74) is 9.22. The Balaban J connectivity index is 1.30. The van der Waals surface area contributed by atoms with Crippen molar-refractivity contribution < 1.29 is 24.1 Å². The normalized spacial score (nSPS) is 14.5. The summed E-state index contributed by atoms with van der Waals surface area (Å²) < 4.78 is 17.9. The molecule has 0 radical (unpaired) electrons. The summed E-state index contributed by atoms with van der Waals surface area (Å²) in [6, 6.07) is 31.2. The van der Waals surface area contributed by atoms with Crippen molar-refractivity contribution in [1.82, 2.24) is 0 Å². The van der Waals surface area contributed by atoms with Crippen LogP contribution in [0, 0.1) is 0 Å². The number of hydrogen-bond acceptors (Lipinski definition) is 4. The highest BCUT2D eigenvalue weighted by Gasteiger charge is 2.23. The number of rotatable bonds is 13. The van der Waals surface area contributed by atoms with Crippen LogP contribution in [0.5, 0.6) is 5.75 Å². The van der Waals surface area contributed by atoms with E-state index in [1.54, 1.807) is 6.92 Å². The van der Waals surface area contributed by atoms with Gasteiger partial charge in [-0.15, -0.1) is 0 Å². The molecule has 0 saturated heterocycles. The Bertz CT molecular complexity index is 1510. The fourth-order valence-electron chi connectivity index (χ4n) is 5.43. The van der Waals surface area contributed by atoms with Crippen molar-refractivity contribution in [3.8, 4) is 16.9 Å². The van der Waals surface area contributed by atoms with E-state index in [1.165, 1.54) is 22.3 Å². The van der Waals surface area contributed by atoms with Crippen molar-refractivity contribution in [3.63, 3.8) is 0 Å². The summed E-state index contributed by atoms with van der Waals surface area (Å²) in [5, 5.41) is 9.35. The zero-order valence-electron chi connectivity index (χ0n) is 24.3. The van der Waals surface area contributed by atoms with Crippen LogP contribution in [-0.2, 0) is 27.1 Å². The van der Waals surface area contributed by atoms with Gasteiger partial charge in [-0.1, -0.05) is 98.3 Å². The molecule has 1 aliphatic carbocycles. The molecule has 0 aromatic heterocycles. The third-order valence-electron chi connectivity index (χ3n) is 7.52. The second-order valence-electron chi connectivity index (χ2n) is 10.5. The number of ether oxygens (including phenoxy) is 3. The van der Waals surface area contributed by atoms with Gasteiger partial charge >= 0.3 is 5.97 Å². The van der Waals surface area contributed by atoms with Crippen molar-refractivity contribution in [2.24, 2.45) is 0 Å². The Hall–Kier alpha value is -4.19. The number of carbonyl (C=O) groups is 1. The molecule has 0 fully saturated rings. The molecular formula is C37H38O5. The van der Waals surface area contributed by atoms with Crippen LogP contribution in [0.25, 0.3) is 23.3 Å². The monoisotopic (exact) mass is 562 g/mol. The molecule has 5 nitrogen and oxygen atoms in total. The van der Waals surface area contributed by atoms with E-state index in [9.17, 15) is 9.90 Å². The van der Waals surface area contributed by atoms with Gasteiger partial charge in [-0.2, -0.15) is 0 Å². The summed E-state index contributed by atoms with van der Waals surface area (Å²) in [5.74, 6) is -0.241. The van der Waals surface area contributed by atoms with Gasteiger partial charge in [0.05, 0.1) is 6.61 Å². The molecule has 0 saturated carbocycles. The molecule has 1 aliphatic rings. The van der Waals surface area contributed by atoms with Crippen LogP contribution in [0.15, 0.2) is 91.0 Å². The van der Waals surface area contributed by atoms with Crippen molar-refractivity contribution in [2.45, 2.75) is 45.3 Å². The maximum Gasteiger partial charge on any atom is 0.333 e. The van der Waals surface area contributed by atoms with Crippen LogP contribution in [0.2, 0.25) is 0 Å². The van der Waals surface area contributed by atoms with Crippen LogP contribution in [0.1, 0.15) is 59.8 Å². The highest BCUT2D eigenvalue weighted by molar-refractivity contribution is 5.79. The topological polar surface area (TPSA) is 65.0 Å². The van der Waals surface area contributed by atoms with Crippen LogP contribution < -0.4 is 4.74 Å². The van der Waals surface area contributed by atoms with Gasteiger partial charge in [0, 0.05) is 13.0 Å². The second kappa shape index (κ2) is 14.1. The van der Waals surface area contributed by atoms with Crippen LogP contribution in [-0.4, -0.2) is 37.0 Å². The average molecular weight is 563 g/mol. The van der Waals surface area contributed by atoms with E-state index in [1.807, 2.05) is 30.3 Å². The Morgan fingerprint density at radius 3 is 2.17 bits per heavy atom. The molecule has 216 valence electrons. The van der Waals surface area contributed by atoms with Crippen molar-refractivity contribution in [2.75, 3.05) is 19.8 Å². The van der Waals surface area contributed by atoms with E-state index < -0.39 is 12.1 Å². The van der Waals surface area contributed by atoms with E-state index in [-0.39, 0.29) is 6.10 Å². The summed E-state index contributed by atoms with van der Waals surface area (Å²) >= 11 is 0. The summed E-state index contributed by atoms with van der Waals surface area (Å²) in [7, 11) is 0. The molecule has 2 atom stereocenters. The zero-order valence-corrected chi connectivity index (χ0v) is 24.3. The van der Waals surface area contributed by atoms with Crippen molar-refractivity contribution in [1.29, 1.82) is 0 Å². The Kier molecular flexibility index (Phi) is 9.86. The minimum atomic E-state index is -0.955. The van der Waals surface area contributed by atoms with E-state index in [0.717, 1.165) is 35.1 Å². The fourth-order valence-corrected chi connectivity index (χ4v) is 5.43. The molecule has 1 N–H and O–H groups in total. The lowest BCUT2D eigenvalue weighted by Gasteiger charge is -2.22. The van der Waals surface area contributed by atoms with Crippen LogP contribution in [0.4, 0.5) is 0 Å². The maximum atomic E-state index is 11.4. The van der Waals surface area contributed by atoms with Gasteiger partial charge in [0.2, 0.25) is 0 Å². The molecule has 5 heteroatoms. The molecular weight excluding hydrogens is 524 g/mol. The minimum Gasteiger partial charge on any atom is -0.491 e. The van der Waals surface area contributed by atoms with Gasteiger partial charge in [0.25, 0.3) is 0 Å². The number of aliphatic carboxylic acids is 1. The predicted octanol–water partition coefficient (Wildman–Crippen LogP) is 8.01. The van der Waals surface area contributed by atoms with E-state index in [4.69, 9.17) is 14.2 Å². The van der Waals surface area contributed by atoms with Crippen LogP contribution >= 0.6 is 0 Å². The maximum absolute atomic E-state index is 11.4. The average Bonchev–Trinajstić information content (AvgIpc) is 3.16. The number of carboxylic acid groups (broad SMARTS) is 1. The summed E-state index contributed by atoms with van der Waals surface area (Å²) in [6.07, 6.45) is 5.82. The highest BCUT2D eigenvalue weighted by Crippen LogP contribution is 2.38. The van der Waals surface area contributed by atoms with Gasteiger partial charge in [-0.25, -0.2) is 4.79 Å². The van der Waals surface area contributed by atoms with Crippen LogP contribution in [0.3, 0.4) is 0 Å².